The number of nitrogens with zero attached hydrogens (tertiary/aromatic N) is 5. The monoisotopic (exact) mass is 489 g/mol. The van der Waals surface area contributed by atoms with E-state index in [-0.39, 0.29) is 10.9 Å². The fraction of sp³-hybridized carbons (Fsp3) is 0.393. The van der Waals surface area contributed by atoms with Gasteiger partial charge in [0.1, 0.15) is 11.6 Å². The van der Waals surface area contributed by atoms with E-state index in [9.17, 15) is 9.18 Å². The van der Waals surface area contributed by atoms with Crippen LogP contribution in [0.5, 0.6) is 0 Å². The predicted octanol–water partition coefficient (Wildman–Crippen LogP) is 4.25. The molecule has 0 bridgehead atoms. The largest absolute Gasteiger partial charge is 0.369 e. The van der Waals surface area contributed by atoms with Crippen molar-refractivity contribution in [2.24, 2.45) is 0 Å². The van der Waals surface area contributed by atoms with E-state index in [1.807, 2.05) is 13.0 Å². The zero-order valence-corrected chi connectivity index (χ0v) is 21.1. The molecular formula is C28H32FN5O2. The lowest BCUT2D eigenvalue weighted by atomic mass is 10.1. The van der Waals surface area contributed by atoms with Crippen molar-refractivity contribution < 1.29 is 8.91 Å². The molecule has 4 aromatic rings. The molecule has 3 heterocycles. The minimum atomic E-state index is -0.520. The first-order valence-electron chi connectivity index (χ1n) is 12.5. The van der Waals surface area contributed by atoms with E-state index in [1.165, 1.54) is 27.6 Å². The molecule has 1 aliphatic heterocycles. The van der Waals surface area contributed by atoms with Crippen LogP contribution in [0.1, 0.15) is 34.7 Å². The van der Waals surface area contributed by atoms with Crippen LogP contribution in [0.2, 0.25) is 0 Å². The molecule has 1 saturated heterocycles. The molecule has 5 rings (SSSR count). The van der Waals surface area contributed by atoms with Gasteiger partial charge in [-0.25, -0.2) is 9.07 Å². The molecule has 1 fully saturated rings. The van der Waals surface area contributed by atoms with E-state index in [2.05, 4.69) is 52.1 Å². The molecule has 0 saturated carbocycles. The normalized spacial score (nSPS) is 14.6. The lowest BCUT2D eigenvalue weighted by Gasteiger charge is -2.36. The number of halogens is 1. The third-order valence-corrected chi connectivity index (χ3v) is 7.11. The van der Waals surface area contributed by atoms with Gasteiger partial charge in [-0.15, -0.1) is 0 Å². The van der Waals surface area contributed by atoms with Crippen molar-refractivity contribution in [1.29, 1.82) is 0 Å². The minimum absolute atomic E-state index is 0.0877. The fourth-order valence-corrected chi connectivity index (χ4v) is 4.91. The van der Waals surface area contributed by atoms with Crippen molar-refractivity contribution in [2.75, 3.05) is 37.6 Å². The van der Waals surface area contributed by atoms with Gasteiger partial charge in [-0.05, 0) is 56.5 Å². The van der Waals surface area contributed by atoms with E-state index in [0.717, 1.165) is 39.1 Å². The molecule has 1 aliphatic rings. The predicted molar refractivity (Wildman–Crippen MR) is 139 cm³/mol. The van der Waals surface area contributed by atoms with Crippen LogP contribution in [0.3, 0.4) is 0 Å². The third kappa shape index (κ3) is 5.04. The molecule has 0 spiro atoms. The van der Waals surface area contributed by atoms with Crippen LogP contribution >= 0.6 is 0 Å². The lowest BCUT2D eigenvalue weighted by molar-refractivity contribution is 0.248. The van der Waals surface area contributed by atoms with Crippen LogP contribution < -0.4 is 10.5 Å². The maximum absolute atomic E-state index is 14.7. The summed E-state index contributed by atoms with van der Waals surface area (Å²) in [5.74, 6) is 0.181. The van der Waals surface area contributed by atoms with Crippen molar-refractivity contribution in [2.45, 2.75) is 40.2 Å². The second-order valence-electron chi connectivity index (χ2n) is 9.69. The highest BCUT2D eigenvalue weighted by atomic mass is 19.1. The molecule has 0 aliphatic carbocycles. The third-order valence-electron chi connectivity index (χ3n) is 7.11. The minimum Gasteiger partial charge on any atom is -0.369 e. The van der Waals surface area contributed by atoms with E-state index >= 15 is 0 Å². The Bertz CT molecular complexity index is 1440. The Morgan fingerprint density at radius 3 is 2.50 bits per heavy atom. The summed E-state index contributed by atoms with van der Waals surface area (Å²) in [5, 5.41) is 9.29. The Morgan fingerprint density at radius 2 is 1.78 bits per heavy atom. The summed E-state index contributed by atoms with van der Waals surface area (Å²) in [6, 6.07) is 13.2. The zero-order valence-electron chi connectivity index (χ0n) is 21.1. The van der Waals surface area contributed by atoms with E-state index in [4.69, 9.17) is 4.52 Å². The Labute approximate surface area is 210 Å². The van der Waals surface area contributed by atoms with Crippen molar-refractivity contribution in [3.63, 3.8) is 0 Å². The molecule has 8 heteroatoms. The molecule has 2 aromatic carbocycles. The molecule has 0 atom stereocenters. The quantitative estimate of drug-likeness (QED) is 0.387. The van der Waals surface area contributed by atoms with Crippen molar-refractivity contribution in [3.8, 4) is 0 Å². The van der Waals surface area contributed by atoms with Gasteiger partial charge in [0, 0.05) is 62.8 Å². The second-order valence-corrected chi connectivity index (χ2v) is 9.69. The molecule has 7 nitrogen and oxygen atoms in total. The number of aryl methyl sites for hydroxylation is 4. The van der Waals surface area contributed by atoms with Gasteiger partial charge in [0.25, 0.3) is 5.56 Å². The standard InChI is InChI=1S/C28H32FN5O2/c1-19-8-9-23(16-20(19)2)33-14-12-32(13-15-33)10-5-11-34-28(35)27-24(6-4-7-25(27)29)26(30-34)18-22-17-21(3)36-31-22/h4,6-9,16-17H,5,10-15,18H2,1-3H3. The van der Waals surface area contributed by atoms with Gasteiger partial charge in [0.05, 0.1) is 16.8 Å². The summed E-state index contributed by atoms with van der Waals surface area (Å²) in [7, 11) is 0. The maximum Gasteiger partial charge on any atom is 0.277 e. The number of anilines is 1. The molecule has 0 N–H and O–H groups in total. The van der Waals surface area contributed by atoms with E-state index in [1.54, 1.807) is 12.1 Å². The Hall–Kier alpha value is -3.52. The number of benzene rings is 2. The van der Waals surface area contributed by atoms with E-state index < -0.39 is 5.82 Å². The molecular weight excluding hydrogens is 457 g/mol. The Balaban J connectivity index is 1.26. The highest BCUT2D eigenvalue weighted by Gasteiger charge is 2.19. The van der Waals surface area contributed by atoms with Gasteiger partial charge < -0.3 is 9.42 Å². The number of hydrogen-bond donors (Lipinski definition) is 0. The summed E-state index contributed by atoms with van der Waals surface area (Å²) in [5.41, 5.74) is 4.85. The van der Waals surface area contributed by atoms with Crippen molar-refractivity contribution in [1.82, 2.24) is 19.8 Å². The number of rotatable bonds is 7. The smallest absolute Gasteiger partial charge is 0.277 e. The van der Waals surface area contributed by atoms with Gasteiger partial charge in [-0.1, -0.05) is 23.4 Å². The topological polar surface area (TPSA) is 67.4 Å². The highest BCUT2D eigenvalue weighted by Crippen LogP contribution is 2.21. The summed E-state index contributed by atoms with van der Waals surface area (Å²) in [4.78, 5) is 17.9. The van der Waals surface area contributed by atoms with Gasteiger partial charge in [0.2, 0.25) is 0 Å². The molecule has 36 heavy (non-hydrogen) atoms. The first-order chi connectivity index (χ1) is 17.4. The molecule has 0 unspecified atom stereocenters. The maximum atomic E-state index is 14.7. The Morgan fingerprint density at radius 1 is 0.972 bits per heavy atom. The first kappa shape index (κ1) is 24.2. The highest BCUT2D eigenvalue weighted by molar-refractivity contribution is 5.84. The van der Waals surface area contributed by atoms with Gasteiger partial charge >= 0.3 is 0 Å². The molecule has 0 amide bonds. The zero-order chi connectivity index (χ0) is 25.2. The molecule has 0 radical (unpaired) electrons. The summed E-state index contributed by atoms with van der Waals surface area (Å²) < 4.78 is 21.3. The van der Waals surface area contributed by atoms with Gasteiger partial charge in [-0.2, -0.15) is 5.10 Å². The molecule has 188 valence electrons. The van der Waals surface area contributed by atoms with Crippen LogP contribution in [0.4, 0.5) is 10.1 Å². The van der Waals surface area contributed by atoms with Crippen LogP contribution in [0.25, 0.3) is 10.8 Å². The summed E-state index contributed by atoms with van der Waals surface area (Å²) in [6.45, 7) is 11.3. The number of hydrogen-bond acceptors (Lipinski definition) is 6. The molecule has 2 aromatic heterocycles. The van der Waals surface area contributed by atoms with Crippen LogP contribution in [0, 0.1) is 26.6 Å². The van der Waals surface area contributed by atoms with Crippen LogP contribution in [0.15, 0.2) is 51.8 Å². The lowest BCUT2D eigenvalue weighted by Crippen LogP contribution is -2.46. The number of aromatic nitrogens is 3. The van der Waals surface area contributed by atoms with Crippen LogP contribution in [-0.2, 0) is 13.0 Å². The second kappa shape index (κ2) is 10.2. The van der Waals surface area contributed by atoms with Gasteiger partial charge in [-0.3, -0.25) is 9.69 Å². The van der Waals surface area contributed by atoms with Crippen LogP contribution in [-0.4, -0.2) is 52.6 Å². The summed E-state index contributed by atoms with van der Waals surface area (Å²) in [6.07, 6.45) is 1.14. The SMILES string of the molecule is Cc1cc(Cc2nn(CCCN3CCN(c4ccc(C)c(C)c4)CC3)c(=O)c3c(F)cccc23)no1. The van der Waals surface area contributed by atoms with Gasteiger partial charge in [0.15, 0.2) is 0 Å². The fourth-order valence-electron chi connectivity index (χ4n) is 4.91. The number of piperazine rings is 1. The average Bonchev–Trinajstić information content (AvgIpc) is 3.28. The van der Waals surface area contributed by atoms with Crippen molar-refractivity contribution >= 4 is 16.5 Å². The summed E-state index contributed by atoms with van der Waals surface area (Å²) >= 11 is 0. The first-order valence-corrected chi connectivity index (χ1v) is 12.5. The Kier molecular flexibility index (Phi) is 6.87. The average molecular weight is 490 g/mol. The van der Waals surface area contributed by atoms with E-state index in [0.29, 0.717) is 35.5 Å². The number of fused-ring (bicyclic) bond motifs is 1. The van der Waals surface area contributed by atoms with Crippen molar-refractivity contribution in [3.05, 3.63) is 86.9 Å².